The summed E-state index contributed by atoms with van der Waals surface area (Å²) in [7, 11) is 2.12. The average Bonchev–Trinajstić information content (AvgIpc) is 2.72. The average molecular weight is 181 g/mol. The van der Waals surface area contributed by atoms with Crippen LogP contribution >= 0.6 is 0 Å². The van der Waals surface area contributed by atoms with Gasteiger partial charge in [0.1, 0.15) is 0 Å². The minimum Gasteiger partial charge on any atom is -0.317 e. The van der Waals surface area contributed by atoms with E-state index >= 15 is 0 Å². The Morgan fingerprint density at radius 1 is 1.00 bits per heavy atom. The second-order valence-corrected chi connectivity index (χ2v) is 5.04. The highest BCUT2D eigenvalue weighted by Crippen LogP contribution is 2.43. The summed E-state index contributed by atoms with van der Waals surface area (Å²) in [6.07, 6.45) is 8.93. The fraction of sp³-hybridized carbons (Fsp3) is 1.00. The first kappa shape index (κ1) is 9.51. The van der Waals surface area contributed by atoms with Crippen LogP contribution in [0.1, 0.15) is 45.4 Å². The molecule has 0 aromatic carbocycles. The number of hydrogen-bond donors (Lipinski definition) is 1. The lowest BCUT2D eigenvalue weighted by Gasteiger charge is -2.25. The molecular formula is C12H23N. The van der Waals surface area contributed by atoms with Gasteiger partial charge in [0.2, 0.25) is 0 Å². The van der Waals surface area contributed by atoms with Crippen molar-refractivity contribution in [3.8, 4) is 0 Å². The van der Waals surface area contributed by atoms with E-state index in [0.717, 1.165) is 23.8 Å². The molecule has 0 amide bonds. The Bertz CT molecular complexity index is 161. The molecule has 0 bridgehead atoms. The topological polar surface area (TPSA) is 12.0 Å². The van der Waals surface area contributed by atoms with Crippen molar-refractivity contribution in [2.45, 2.75) is 51.5 Å². The predicted octanol–water partition coefficient (Wildman–Crippen LogP) is 2.81. The van der Waals surface area contributed by atoms with E-state index in [9.17, 15) is 0 Å². The molecule has 76 valence electrons. The maximum absolute atomic E-state index is 3.47. The van der Waals surface area contributed by atoms with Crippen molar-refractivity contribution in [3.63, 3.8) is 0 Å². The molecule has 3 unspecified atom stereocenters. The van der Waals surface area contributed by atoms with Gasteiger partial charge in [-0.2, -0.15) is 0 Å². The normalized spacial score (nSPS) is 41.5. The minimum atomic E-state index is 0.811. The molecule has 0 heterocycles. The van der Waals surface area contributed by atoms with Crippen LogP contribution in [0.15, 0.2) is 0 Å². The van der Waals surface area contributed by atoms with Crippen molar-refractivity contribution < 1.29 is 0 Å². The maximum Gasteiger partial charge on any atom is 0.00925 e. The number of hydrogen-bond acceptors (Lipinski definition) is 1. The molecular weight excluding hydrogens is 158 g/mol. The predicted molar refractivity (Wildman–Crippen MR) is 56.7 cm³/mol. The zero-order valence-corrected chi connectivity index (χ0v) is 9.05. The van der Waals surface area contributed by atoms with Crippen LogP contribution in [0.2, 0.25) is 0 Å². The van der Waals surface area contributed by atoms with Crippen LogP contribution < -0.4 is 5.32 Å². The SMILES string of the molecule is CNC1CCC(C2CCCC2)C1C. The van der Waals surface area contributed by atoms with Gasteiger partial charge in [0.25, 0.3) is 0 Å². The van der Waals surface area contributed by atoms with Gasteiger partial charge in [-0.05, 0) is 37.6 Å². The molecule has 13 heavy (non-hydrogen) atoms. The summed E-state index contributed by atoms with van der Waals surface area (Å²) in [5, 5.41) is 3.47. The quantitative estimate of drug-likeness (QED) is 0.690. The van der Waals surface area contributed by atoms with Gasteiger partial charge in [0, 0.05) is 6.04 Å². The Hall–Kier alpha value is -0.0400. The highest BCUT2D eigenvalue weighted by Gasteiger charge is 2.37. The van der Waals surface area contributed by atoms with Crippen LogP contribution in [0.5, 0.6) is 0 Å². The van der Waals surface area contributed by atoms with Crippen LogP contribution in [0, 0.1) is 17.8 Å². The van der Waals surface area contributed by atoms with Crippen molar-refractivity contribution in [2.75, 3.05) is 7.05 Å². The van der Waals surface area contributed by atoms with Gasteiger partial charge < -0.3 is 5.32 Å². The summed E-state index contributed by atoms with van der Waals surface area (Å²) in [5.41, 5.74) is 0. The molecule has 0 aromatic heterocycles. The van der Waals surface area contributed by atoms with Crippen molar-refractivity contribution in [2.24, 2.45) is 17.8 Å². The molecule has 2 saturated carbocycles. The first-order valence-corrected chi connectivity index (χ1v) is 6.00. The molecule has 1 nitrogen and oxygen atoms in total. The molecule has 0 saturated heterocycles. The highest BCUT2D eigenvalue weighted by molar-refractivity contribution is 4.90. The van der Waals surface area contributed by atoms with E-state index in [2.05, 4.69) is 19.3 Å². The molecule has 0 aromatic rings. The van der Waals surface area contributed by atoms with Gasteiger partial charge in [-0.15, -0.1) is 0 Å². The first-order chi connectivity index (χ1) is 6.33. The van der Waals surface area contributed by atoms with Crippen LogP contribution in [0.25, 0.3) is 0 Å². The Morgan fingerprint density at radius 3 is 2.23 bits per heavy atom. The summed E-state index contributed by atoms with van der Waals surface area (Å²) in [4.78, 5) is 0. The van der Waals surface area contributed by atoms with E-state index < -0.39 is 0 Å². The molecule has 0 spiro atoms. The van der Waals surface area contributed by atoms with Gasteiger partial charge in [-0.1, -0.05) is 32.6 Å². The minimum absolute atomic E-state index is 0.811. The van der Waals surface area contributed by atoms with E-state index in [1.807, 2.05) is 0 Å². The number of nitrogens with one attached hydrogen (secondary N) is 1. The standard InChI is InChI=1S/C12H23N/c1-9-11(7-8-12(9)13-2)10-5-3-4-6-10/h9-13H,3-8H2,1-2H3. The van der Waals surface area contributed by atoms with Crippen LogP contribution in [-0.2, 0) is 0 Å². The summed E-state index contributed by atoms with van der Waals surface area (Å²) in [5.74, 6) is 3.04. The van der Waals surface area contributed by atoms with Crippen LogP contribution in [-0.4, -0.2) is 13.1 Å². The third kappa shape index (κ3) is 1.76. The molecule has 1 heteroatoms. The van der Waals surface area contributed by atoms with Gasteiger partial charge >= 0.3 is 0 Å². The summed E-state index contributed by atoms with van der Waals surface area (Å²) >= 11 is 0. The van der Waals surface area contributed by atoms with Gasteiger partial charge in [0.15, 0.2) is 0 Å². The second kappa shape index (κ2) is 4.00. The lowest BCUT2D eigenvalue weighted by molar-refractivity contribution is 0.260. The molecule has 3 atom stereocenters. The summed E-state index contributed by atoms with van der Waals surface area (Å²) in [6, 6.07) is 0.811. The van der Waals surface area contributed by atoms with E-state index in [-0.39, 0.29) is 0 Å². The Morgan fingerprint density at radius 2 is 1.69 bits per heavy atom. The molecule has 0 aliphatic heterocycles. The fourth-order valence-electron chi connectivity index (χ4n) is 3.65. The van der Waals surface area contributed by atoms with Crippen molar-refractivity contribution in [1.29, 1.82) is 0 Å². The molecule has 2 fully saturated rings. The molecule has 0 radical (unpaired) electrons. The Labute approximate surface area is 82.3 Å². The number of rotatable bonds is 2. The first-order valence-electron chi connectivity index (χ1n) is 6.00. The second-order valence-electron chi connectivity index (χ2n) is 5.04. The van der Waals surface area contributed by atoms with Crippen molar-refractivity contribution in [1.82, 2.24) is 5.32 Å². The Balaban J connectivity index is 1.93. The fourth-order valence-corrected chi connectivity index (χ4v) is 3.65. The van der Waals surface area contributed by atoms with Gasteiger partial charge in [-0.25, -0.2) is 0 Å². The third-order valence-corrected chi connectivity index (χ3v) is 4.50. The van der Waals surface area contributed by atoms with Crippen molar-refractivity contribution in [3.05, 3.63) is 0 Å². The van der Waals surface area contributed by atoms with Crippen LogP contribution in [0.4, 0.5) is 0 Å². The molecule has 1 N–H and O–H groups in total. The molecule has 2 rings (SSSR count). The van der Waals surface area contributed by atoms with Crippen molar-refractivity contribution >= 4 is 0 Å². The van der Waals surface area contributed by atoms with Gasteiger partial charge in [0.05, 0.1) is 0 Å². The monoisotopic (exact) mass is 181 g/mol. The molecule has 2 aliphatic carbocycles. The van der Waals surface area contributed by atoms with E-state index in [1.165, 1.54) is 38.5 Å². The summed E-state index contributed by atoms with van der Waals surface area (Å²) in [6.45, 7) is 2.46. The summed E-state index contributed by atoms with van der Waals surface area (Å²) < 4.78 is 0. The highest BCUT2D eigenvalue weighted by atomic mass is 14.9. The van der Waals surface area contributed by atoms with E-state index in [0.29, 0.717) is 0 Å². The molecule has 2 aliphatic rings. The van der Waals surface area contributed by atoms with Crippen LogP contribution in [0.3, 0.4) is 0 Å². The lowest BCUT2D eigenvalue weighted by Crippen LogP contribution is -2.30. The Kier molecular flexibility index (Phi) is 2.92. The smallest absolute Gasteiger partial charge is 0.00925 e. The zero-order chi connectivity index (χ0) is 9.26. The zero-order valence-electron chi connectivity index (χ0n) is 9.05. The largest absolute Gasteiger partial charge is 0.317 e. The lowest BCUT2D eigenvalue weighted by atomic mass is 9.83. The van der Waals surface area contributed by atoms with E-state index in [4.69, 9.17) is 0 Å². The third-order valence-electron chi connectivity index (χ3n) is 4.50. The van der Waals surface area contributed by atoms with Gasteiger partial charge in [-0.3, -0.25) is 0 Å². The maximum atomic E-state index is 3.47. The van der Waals surface area contributed by atoms with E-state index in [1.54, 1.807) is 0 Å².